The van der Waals surface area contributed by atoms with Gasteiger partial charge in [0.15, 0.2) is 0 Å². The minimum absolute atomic E-state index is 0.216. The lowest BCUT2D eigenvalue weighted by molar-refractivity contribution is -0.149. The second-order valence-electron chi connectivity index (χ2n) is 4.37. The van der Waals surface area contributed by atoms with Crippen molar-refractivity contribution in [3.05, 3.63) is 0 Å². The summed E-state index contributed by atoms with van der Waals surface area (Å²) in [7, 11) is 0. The zero-order valence-corrected chi connectivity index (χ0v) is 10.3. The van der Waals surface area contributed by atoms with Gasteiger partial charge in [0.2, 0.25) is 11.8 Å². The summed E-state index contributed by atoms with van der Waals surface area (Å²) in [5, 5.41) is 9.19. The van der Waals surface area contributed by atoms with E-state index in [9.17, 15) is 19.5 Å². The molecule has 0 aliphatic carbocycles. The summed E-state index contributed by atoms with van der Waals surface area (Å²) >= 11 is 0. The van der Waals surface area contributed by atoms with Gasteiger partial charge >= 0.3 is 5.97 Å². The van der Waals surface area contributed by atoms with Gasteiger partial charge in [0.1, 0.15) is 0 Å². The molecule has 5 heteroatoms. The van der Waals surface area contributed by atoms with E-state index in [2.05, 4.69) is 0 Å². The zero-order valence-electron chi connectivity index (χ0n) is 10.3. The van der Waals surface area contributed by atoms with Crippen molar-refractivity contribution >= 4 is 17.8 Å². The van der Waals surface area contributed by atoms with E-state index >= 15 is 0 Å². The molecular weight excluding hydrogens is 222 g/mol. The second-order valence-corrected chi connectivity index (χ2v) is 4.37. The fourth-order valence-corrected chi connectivity index (χ4v) is 2.40. The predicted octanol–water partition coefficient (Wildman–Crippen LogP) is 1.41. The zero-order chi connectivity index (χ0) is 13.0. The van der Waals surface area contributed by atoms with Gasteiger partial charge in [-0.25, -0.2) is 0 Å². The molecule has 0 aromatic heterocycles. The van der Waals surface area contributed by atoms with Crippen LogP contribution in [0.15, 0.2) is 0 Å². The van der Waals surface area contributed by atoms with Gasteiger partial charge in [-0.05, 0) is 12.8 Å². The lowest BCUT2D eigenvalue weighted by Crippen LogP contribution is -2.46. The van der Waals surface area contributed by atoms with Crippen LogP contribution in [0.2, 0.25) is 0 Å². The summed E-state index contributed by atoms with van der Waals surface area (Å²) in [6, 6.07) is -0.491. The Bertz CT molecular complexity index is 310. The van der Waals surface area contributed by atoms with Gasteiger partial charge in [-0.2, -0.15) is 0 Å². The van der Waals surface area contributed by atoms with Gasteiger partial charge in [0, 0.05) is 12.8 Å². The van der Waals surface area contributed by atoms with Crippen LogP contribution >= 0.6 is 0 Å². The normalized spacial score (nSPS) is 19.5. The Morgan fingerprint density at radius 2 is 1.82 bits per heavy atom. The summed E-state index contributed by atoms with van der Waals surface area (Å²) in [5.74, 6) is -2.03. The first kappa shape index (κ1) is 13.7. The molecule has 0 aromatic rings. The van der Waals surface area contributed by atoms with Crippen LogP contribution in [0.25, 0.3) is 0 Å². The monoisotopic (exact) mass is 241 g/mol. The number of amides is 2. The van der Waals surface area contributed by atoms with Crippen LogP contribution < -0.4 is 0 Å². The number of likely N-dealkylation sites (tertiary alicyclic amines) is 1. The van der Waals surface area contributed by atoms with E-state index in [0.717, 1.165) is 6.42 Å². The van der Waals surface area contributed by atoms with E-state index in [1.165, 1.54) is 4.90 Å². The van der Waals surface area contributed by atoms with E-state index in [0.29, 0.717) is 12.8 Å². The Hall–Kier alpha value is -1.39. The van der Waals surface area contributed by atoms with Crippen molar-refractivity contribution in [2.45, 2.75) is 52.0 Å². The Labute approximate surface area is 101 Å². The van der Waals surface area contributed by atoms with Crippen LogP contribution in [0, 0.1) is 5.92 Å². The fourth-order valence-electron chi connectivity index (χ4n) is 2.40. The quantitative estimate of drug-likeness (QED) is 0.713. The minimum Gasteiger partial charge on any atom is -0.481 e. The summed E-state index contributed by atoms with van der Waals surface area (Å²) in [4.78, 5) is 35.6. The molecule has 96 valence electrons. The van der Waals surface area contributed by atoms with Crippen molar-refractivity contribution in [2.24, 2.45) is 5.92 Å². The Balaban J connectivity index is 2.91. The lowest BCUT2D eigenvalue weighted by Gasteiger charge is -2.30. The molecule has 2 atom stereocenters. The molecule has 0 radical (unpaired) electrons. The molecule has 1 aliphatic heterocycles. The van der Waals surface area contributed by atoms with Crippen molar-refractivity contribution in [3.8, 4) is 0 Å². The molecule has 2 unspecified atom stereocenters. The van der Waals surface area contributed by atoms with Crippen molar-refractivity contribution in [2.75, 3.05) is 0 Å². The van der Waals surface area contributed by atoms with Crippen LogP contribution in [-0.4, -0.2) is 33.8 Å². The fraction of sp³-hybridized carbons (Fsp3) is 0.750. The number of carboxylic acids is 1. The number of rotatable bonds is 6. The van der Waals surface area contributed by atoms with E-state index in [-0.39, 0.29) is 24.7 Å². The third-order valence-electron chi connectivity index (χ3n) is 3.22. The first-order valence-electron chi connectivity index (χ1n) is 6.10. The predicted molar refractivity (Wildman–Crippen MR) is 61.2 cm³/mol. The number of carboxylic acid groups (broad SMARTS) is 1. The van der Waals surface area contributed by atoms with Crippen LogP contribution in [0.4, 0.5) is 0 Å². The molecule has 1 heterocycles. The number of carbonyl (C=O) groups is 3. The summed E-state index contributed by atoms with van der Waals surface area (Å²) in [6.07, 6.45) is 2.14. The molecule has 1 rings (SSSR count). The van der Waals surface area contributed by atoms with Crippen LogP contribution in [0.3, 0.4) is 0 Å². The molecular formula is C12H19NO4. The largest absolute Gasteiger partial charge is 0.481 e. The van der Waals surface area contributed by atoms with Gasteiger partial charge < -0.3 is 5.11 Å². The maximum Gasteiger partial charge on any atom is 0.308 e. The highest BCUT2D eigenvalue weighted by atomic mass is 16.4. The Morgan fingerprint density at radius 3 is 2.18 bits per heavy atom. The molecule has 17 heavy (non-hydrogen) atoms. The topological polar surface area (TPSA) is 74.7 Å². The highest BCUT2D eigenvalue weighted by Crippen LogP contribution is 2.25. The van der Waals surface area contributed by atoms with Crippen molar-refractivity contribution in [1.82, 2.24) is 4.90 Å². The third-order valence-corrected chi connectivity index (χ3v) is 3.22. The van der Waals surface area contributed by atoms with E-state index in [4.69, 9.17) is 0 Å². The number of hydrogen-bond donors (Lipinski definition) is 1. The van der Waals surface area contributed by atoms with Crippen molar-refractivity contribution in [1.29, 1.82) is 0 Å². The number of nitrogens with zero attached hydrogens (tertiary/aromatic N) is 1. The maximum absolute atomic E-state index is 11.6. The van der Waals surface area contributed by atoms with E-state index in [1.807, 2.05) is 13.8 Å². The molecule has 0 saturated carbocycles. The van der Waals surface area contributed by atoms with Crippen molar-refractivity contribution < 1.29 is 19.5 Å². The molecule has 1 saturated heterocycles. The maximum atomic E-state index is 11.6. The molecule has 0 spiro atoms. The molecule has 1 aliphatic rings. The van der Waals surface area contributed by atoms with Crippen molar-refractivity contribution in [3.63, 3.8) is 0 Å². The highest BCUT2D eigenvalue weighted by molar-refractivity contribution is 6.02. The number of imide groups is 1. The summed E-state index contributed by atoms with van der Waals surface area (Å²) in [6.45, 7) is 3.71. The third kappa shape index (κ3) is 2.84. The van der Waals surface area contributed by atoms with Crippen LogP contribution in [0.5, 0.6) is 0 Å². The molecule has 0 aromatic carbocycles. The Kier molecular flexibility index (Phi) is 4.66. The first-order valence-corrected chi connectivity index (χ1v) is 6.10. The van der Waals surface area contributed by atoms with E-state index in [1.54, 1.807) is 0 Å². The van der Waals surface area contributed by atoms with Crippen LogP contribution in [0.1, 0.15) is 46.0 Å². The van der Waals surface area contributed by atoms with Gasteiger partial charge in [-0.15, -0.1) is 0 Å². The highest BCUT2D eigenvalue weighted by Gasteiger charge is 2.40. The van der Waals surface area contributed by atoms with Gasteiger partial charge in [-0.1, -0.05) is 20.3 Å². The molecule has 2 amide bonds. The average Bonchev–Trinajstić information content (AvgIpc) is 2.60. The minimum atomic E-state index is -0.925. The van der Waals surface area contributed by atoms with Crippen LogP contribution in [-0.2, 0) is 14.4 Å². The Morgan fingerprint density at radius 1 is 1.29 bits per heavy atom. The summed E-state index contributed by atoms with van der Waals surface area (Å²) in [5.41, 5.74) is 0. The molecule has 5 nitrogen and oxygen atoms in total. The number of hydrogen-bond acceptors (Lipinski definition) is 3. The average molecular weight is 241 g/mol. The first-order chi connectivity index (χ1) is 8.02. The molecule has 1 N–H and O–H groups in total. The lowest BCUT2D eigenvalue weighted by atomic mass is 9.92. The van der Waals surface area contributed by atoms with Gasteiger partial charge in [0.25, 0.3) is 0 Å². The van der Waals surface area contributed by atoms with Gasteiger partial charge in [0.05, 0.1) is 12.0 Å². The second kappa shape index (κ2) is 5.80. The standard InChI is InChI=1S/C12H19NO4/c1-3-5-8(12(16)17)9(4-2)13-10(14)6-7-11(13)15/h8-9H,3-7H2,1-2H3,(H,16,17). The smallest absolute Gasteiger partial charge is 0.308 e. The molecule has 0 bridgehead atoms. The van der Waals surface area contributed by atoms with E-state index < -0.39 is 17.9 Å². The number of aliphatic carboxylic acids is 1. The van der Waals surface area contributed by atoms with Gasteiger partial charge in [-0.3, -0.25) is 19.3 Å². The molecule has 1 fully saturated rings. The SMILES string of the molecule is CCCC(C(=O)O)C(CC)N1C(=O)CCC1=O. The summed E-state index contributed by atoms with van der Waals surface area (Å²) < 4.78 is 0. The number of carbonyl (C=O) groups excluding carboxylic acids is 2.